The molecule has 0 aliphatic carbocycles. The molecule has 0 spiro atoms. The zero-order valence-electron chi connectivity index (χ0n) is 13.2. The maximum atomic E-state index is 11.8. The summed E-state index contributed by atoms with van der Waals surface area (Å²) in [6, 6.07) is 10.8. The Bertz CT molecular complexity index is 387. The van der Waals surface area contributed by atoms with Crippen molar-refractivity contribution < 1.29 is 4.79 Å². The van der Waals surface area contributed by atoms with Crippen LogP contribution in [-0.4, -0.2) is 37.5 Å². The predicted molar refractivity (Wildman–Crippen MR) is 84.7 cm³/mol. The molecule has 0 fully saturated rings. The number of likely N-dealkylation sites (N-methyl/N-ethyl adjacent to an activating group) is 1. The minimum atomic E-state index is 0.165. The lowest BCUT2D eigenvalue weighted by Crippen LogP contribution is -2.41. The first-order chi connectivity index (χ1) is 9.49. The summed E-state index contributed by atoms with van der Waals surface area (Å²) in [6.45, 7) is 5.00. The molecule has 1 rings (SSSR count). The molecular weight excluding hydrogens is 248 g/mol. The summed E-state index contributed by atoms with van der Waals surface area (Å²) in [5.74, 6) is 0.744. The van der Waals surface area contributed by atoms with Crippen LogP contribution in [0.1, 0.15) is 32.3 Å². The molecule has 0 saturated carbocycles. The van der Waals surface area contributed by atoms with Crippen LogP contribution in [0.4, 0.5) is 0 Å². The standard InChI is InChI=1S/C17H28N2O/c1-14(2)10-11-17(20)18-13-16(19(3)4)12-15-8-6-5-7-9-15/h5-9,14,16H,10-13H2,1-4H3,(H,18,20). The van der Waals surface area contributed by atoms with Gasteiger partial charge in [-0.15, -0.1) is 0 Å². The van der Waals surface area contributed by atoms with Crippen molar-refractivity contribution in [2.75, 3.05) is 20.6 Å². The van der Waals surface area contributed by atoms with E-state index in [0.717, 1.165) is 12.8 Å². The van der Waals surface area contributed by atoms with E-state index in [1.165, 1.54) is 5.56 Å². The molecule has 0 radical (unpaired) electrons. The zero-order valence-corrected chi connectivity index (χ0v) is 13.2. The molecule has 3 nitrogen and oxygen atoms in total. The van der Waals surface area contributed by atoms with Gasteiger partial charge in [0.2, 0.25) is 5.91 Å². The number of hydrogen-bond acceptors (Lipinski definition) is 2. The van der Waals surface area contributed by atoms with Gasteiger partial charge in [0, 0.05) is 19.0 Å². The van der Waals surface area contributed by atoms with E-state index in [9.17, 15) is 4.79 Å². The van der Waals surface area contributed by atoms with Crippen LogP contribution in [-0.2, 0) is 11.2 Å². The molecule has 1 N–H and O–H groups in total. The van der Waals surface area contributed by atoms with Gasteiger partial charge in [-0.2, -0.15) is 0 Å². The molecule has 1 amide bonds. The molecule has 0 saturated heterocycles. The lowest BCUT2D eigenvalue weighted by atomic mass is 10.0. The van der Waals surface area contributed by atoms with Gasteiger partial charge in [0.25, 0.3) is 0 Å². The van der Waals surface area contributed by atoms with Crippen LogP contribution >= 0.6 is 0 Å². The van der Waals surface area contributed by atoms with Crippen molar-refractivity contribution >= 4 is 5.91 Å². The Hall–Kier alpha value is -1.35. The van der Waals surface area contributed by atoms with Crippen molar-refractivity contribution in [1.82, 2.24) is 10.2 Å². The molecule has 0 bridgehead atoms. The second kappa shape index (κ2) is 8.75. The highest BCUT2D eigenvalue weighted by Crippen LogP contribution is 2.07. The largest absolute Gasteiger partial charge is 0.355 e. The highest BCUT2D eigenvalue weighted by molar-refractivity contribution is 5.75. The average molecular weight is 276 g/mol. The van der Waals surface area contributed by atoms with E-state index in [1.54, 1.807) is 0 Å². The van der Waals surface area contributed by atoms with Gasteiger partial charge in [0.1, 0.15) is 0 Å². The van der Waals surface area contributed by atoms with Gasteiger partial charge in [-0.1, -0.05) is 44.2 Å². The molecular formula is C17H28N2O. The minimum Gasteiger partial charge on any atom is -0.355 e. The third-order valence-electron chi connectivity index (χ3n) is 3.53. The Kier molecular flexibility index (Phi) is 7.31. The van der Waals surface area contributed by atoms with Gasteiger partial charge in [-0.25, -0.2) is 0 Å². The molecule has 0 aliphatic rings. The number of hydrogen-bond donors (Lipinski definition) is 1. The lowest BCUT2D eigenvalue weighted by Gasteiger charge is -2.25. The summed E-state index contributed by atoms with van der Waals surface area (Å²) >= 11 is 0. The number of nitrogens with one attached hydrogen (secondary N) is 1. The number of rotatable bonds is 8. The normalized spacial score (nSPS) is 12.7. The predicted octanol–water partition coefficient (Wildman–Crippen LogP) is 2.71. The third-order valence-corrected chi connectivity index (χ3v) is 3.53. The van der Waals surface area contributed by atoms with Gasteiger partial charge < -0.3 is 10.2 Å². The van der Waals surface area contributed by atoms with Crippen LogP contribution < -0.4 is 5.32 Å². The summed E-state index contributed by atoms with van der Waals surface area (Å²) in [5.41, 5.74) is 1.31. The molecule has 0 heterocycles. The van der Waals surface area contributed by atoms with Gasteiger partial charge >= 0.3 is 0 Å². The van der Waals surface area contributed by atoms with E-state index in [0.29, 0.717) is 24.9 Å². The van der Waals surface area contributed by atoms with E-state index in [2.05, 4.69) is 62.4 Å². The summed E-state index contributed by atoms with van der Waals surface area (Å²) < 4.78 is 0. The first kappa shape index (κ1) is 16.7. The first-order valence-corrected chi connectivity index (χ1v) is 7.46. The van der Waals surface area contributed by atoms with Crippen molar-refractivity contribution in [1.29, 1.82) is 0 Å². The second-order valence-corrected chi connectivity index (χ2v) is 6.04. The van der Waals surface area contributed by atoms with Crippen LogP contribution in [0.5, 0.6) is 0 Å². The van der Waals surface area contributed by atoms with Crippen molar-refractivity contribution in [3.8, 4) is 0 Å². The van der Waals surface area contributed by atoms with Crippen LogP contribution in [0.15, 0.2) is 30.3 Å². The van der Waals surface area contributed by atoms with Crippen molar-refractivity contribution in [3.63, 3.8) is 0 Å². The van der Waals surface area contributed by atoms with E-state index < -0.39 is 0 Å². The Morgan fingerprint density at radius 2 is 1.85 bits per heavy atom. The van der Waals surface area contributed by atoms with Crippen molar-refractivity contribution in [3.05, 3.63) is 35.9 Å². The van der Waals surface area contributed by atoms with Gasteiger partial charge in [-0.3, -0.25) is 4.79 Å². The molecule has 1 atom stereocenters. The van der Waals surface area contributed by atoms with Crippen molar-refractivity contribution in [2.45, 2.75) is 39.2 Å². The van der Waals surface area contributed by atoms with Crippen LogP contribution in [0.2, 0.25) is 0 Å². The molecule has 1 aromatic rings. The maximum Gasteiger partial charge on any atom is 0.220 e. The molecule has 0 aliphatic heterocycles. The Morgan fingerprint density at radius 3 is 2.40 bits per heavy atom. The van der Waals surface area contributed by atoms with E-state index in [-0.39, 0.29) is 5.91 Å². The number of carbonyl (C=O) groups is 1. The molecule has 3 heteroatoms. The van der Waals surface area contributed by atoms with Crippen LogP contribution in [0.25, 0.3) is 0 Å². The smallest absolute Gasteiger partial charge is 0.220 e. The van der Waals surface area contributed by atoms with E-state index >= 15 is 0 Å². The topological polar surface area (TPSA) is 32.3 Å². The SMILES string of the molecule is CC(C)CCC(=O)NCC(Cc1ccccc1)N(C)C. The molecule has 112 valence electrons. The number of carbonyl (C=O) groups excluding carboxylic acids is 1. The lowest BCUT2D eigenvalue weighted by molar-refractivity contribution is -0.121. The second-order valence-electron chi connectivity index (χ2n) is 6.04. The highest BCUT2D eigenvalue weighted by atomic mass is 16.1. The van der Waals surface area contributed by atoms with Gasteiger partial charge in [0.15, 0.2) is 0 Å². The highest BCUT2D eigenvalue weighted by Gasteiger charge is 2.13. The molecule has 1 unspecified atom stereocenters. The van der Waals surface area contributed by atoms with E-state index in [4.69, 9.17) is 0 Å². The number of amides is 1. The van der Waals surface area contributed by atoms with E-state index in [1.807, 2.05) is 6.07 Å². The Morgan fingerprint density at radius 1 is 1.20 bits per heavy atom. The fraction of sp³-hybridized carbons (Fsp3) is 0.588. The van der Waals surface area contributed by atoms with Gasteiger partial charge in [0.05, 0.1) is 0 Å². The minimum absolute atomic E-state index is 0.165. The fourth-order valence-corrected chi connectivity index (χ4v) is 2.06. The number of benzene rings is 1. The fourth-order valence-electron chi connectivity index (χ4n) is 2.06. The summed E-state index contributed by atoms with van der Waals surface area (Å²) in [6.07, 6.45) is 2.54. The molecule has 20 heavy (non-hydrogen) atoms. The maximum absolute atomic E-state index is 11.8. The Balaban J connectivity index is 2.42. The molecule has 1 aromatic carbocycles. The molecule has 0 aromatic heterocycles. The quantitative estimate of drug-likeness (QED) is 0.792. The third kappa shape index (κ3) is 6.71. The summed E-state index contributed by atoms with van der Waals surface area (Å²) in [7, 11) is 4.13. The zero-order chi connectivity index (χ0) is 15.0. The number of nitrogens with zero attached hydrogens (tertiary/aromatic N) is 1. The monoisotopic (exact) mass is 276 g/mol. The van der Waals surface area contributed by atoms with Crippen LogP contribution in [0, 0.1) is 5.92 Å². The van der Waals surface area contributed by atoms with Crippen LogP contribution in [0.3, 0.4) is 0 Å². The Labute approximate surface area is 123 Å². The average Bonchev–Trinajstić information content (AvgIpc) is 2.42. The summed E-state index contributed by atoms with van der Waals surface area (Å²) in [5, 5.41) is 3.06. The van der Waals surface area contributed by atoms with Crippen molar-refractivity contribution in [2.24, 2.45) is 5.92 Å². The van der Waals surface area contributed by atoms with Gasteiger partial charge in [-0.05, 0) is 38.4 Å². The summed E-state index contributed by atoms with van der Waals surface area (Å²) in [4.78, 5) is 14.0. The first-order valence-electron chi connectivity index (χ1n) is 7.46.